The van der Waals surface area contributed by atoms with Crippen molar-refractivity contribution in [1.29, 1.82) is 0 Å². The molecule has 0 unspecified atom stereocenters. The standard InChI is InChI=1S/C19H20BrN3O6/c1-19(2,3)29-18(27)23-11(5-7-13(23)24)17(26)22-14-10-8-9(20)4-6-12(10)28-15(14)16(21)25/h4,6,8,11H,5,7H2,1-3H3,(H2,21,25)(H,22,26)/t11-/m0/s1. The number of hydrogen-bond acceptors (Lipinski definition) is 6. The molecule has 1 aromatic carbocycles. The van der Waals surface area contributed by atoms with Crippen molar-refractivity contribution in [3.05, 3.63) is 28.4 Å². The van der Waals surface area contributed by atoms with Crippen LogP contribution in [0.2, 0.25) is 0 Å². The Morgan fingerprint density at radius 1 is 1.31 bits per heavy atom. The van der Waals surface area contributed by atoms with Crippen LogP contribution in [0.1, 0.15) is 44.2 Å². The zero-order valence-electron chi connectivity index (χ0n) is 16.1. The second kappa shape index (κ2) is 7.51. The molecule has 1 aromatic heterocycles. The summed E-state index contributed by atoms with van der Waals surface area (Å²) in [4.78, 5) is 50.1. The summed E-state index contributed by atoms with van der Waals surface area (Å²) in [6.45, 7) is 4.99. The molecule has 1 aliphatic rings. The van der Waals surface area contributed by atoms with Crippen molar-refractivity contribution in [3.63, 3.8) is 0 Å². The quantitative estimate of drug-likeness (QED) is 0.715. The number of nitrogens with two attached hydrogens (primary N) is 1. The van der Waals surface area contributed by atoms with Gasteiger partial charge in [-0.3, -0.25) is 14.4 Å². The number of fused-ring (bicyclic) bond motifs is 1. The van der Waals surface area contributed by atoms with E-state index in [1.807, 2.05) is 0 Å². The van der Waals surface area contributed by atoms with Crippen LogP contribution in [0.5, 0.6) is 0 Å². The summed E-state index contributed by atoms with van der Waals surface area (Å²) in [6.07, 6.45) is -0.734. The van der Waals surface area contributed by atoms with E-state index in [9.17, 15) is 19.2 Å². The summed E-state index contributed by atoms with van der Waals surface area (Å²) in [6, 6.07) is 3.91. The van der Waals surface area contributed by atoms with Crippen LogP contribution in [0.4, 0.5) is 10.5 Å². The number of rotatable bonds is 3. The maximum Gasteiger partial charge on any atom is 0.417 e. The monoisotopic (exact) mass is 465 g/mol. The van der Waals surface area contributed by atoms with Gasteiger partial charge in [0.05, 0.1) is 0 Å². The smallest absolute Gasteiger partial charge is 0.417 e. The number of likely N-dealkylation sites (tertiary alicyclic amines) is 1. The van der Waals surface area contributed by atoms with Gasteiger partial charge >= 0.3 is 6.09 Å². The summed E-state index contributed by atoms with van der Waals surface area (Å²) in [5.41, 5.74) is 4.99. The second-order valence-corrected chi connectivity index (χ2v) is 8.51. The third-order valence-electron chi connectivity index (χ3n) is 4.23. The fourth-order valence-corrected chi connectivity index (χ4v) is 3.41. The van der Waals surface area contributed by atoms with E-state index in [-0.39, 0.29) is 24.3 Å². The van der Waals surface area contributed by atoms with Crippen LogP contribution in [0, 0.1) is 0 Å². The Labute approximate surface area is 174 Å². The first-order chi connectivity index (χ1) is 13.5. The van der Waals surface area contributed by atoms with Crippen LogP contribution < -0.4 is 11.1 Å². The Morgan fingerprint density at radius 2 is 2.00 bits per heavy atom. The highest BCUT2D eigenvalue weighted by Gasteiger charge is 2.43. The molecule has 1 aliphatic heterocycles. The molecule has 0 spiro atoms. The van der Waals surface area contributed by atoms with Gasteiger partial charge in [0.25, 0.3) is 5.91 Å². The van der Waals surface area contributed by atoms with Crippen LogP contribution in [-0.4, -0.2) is 40.4 Å². The van der Waals surface area contributed by atoms with Crippen molar-refractivity contribution >= 4 is 56.4 Å². The van der Waals surface area contributed by atoms with Gasteiger partial charge in [-0.25, -0.2) is 9.69 Å². The molecule has 0 aliphatic carbocycles. The molecule has 10 heteroatoms. The Hall–Kier alpha value is -2.88. The molecule has 2 aromatic rings. The Kier molecular flexibility index (Phi) is 5.40. The first kappa shape index (κ1) is 20.8. The molecule has 0 saturated carbocycles. The maximum atomic E-state index is 12.9. The number of furan rings is 1. The zero-order chi connectivity index (χ0) is 21.5. The number of nitrogens with one attached hydrogen (secondary N) is 1. The highest BCUT2D eigenvalue weighted by molar-refractivity contribution is 9.10. The number of hydrogen-bond donors (Lipinski definition) is 2. The minimum Gasteiger partial charge on any atom is -0.449 e. The number of anilines is 1. The highest BCUT2D eigenvalue weighted by atomic mass is 79.9. The molecule has 3 rings (SSSR count). The molecular weight excluding hydrogens is 446 g/mol. The van der Waals surface area contributed by atoms with Crippen molar-refractivity contribution in [1.82, 2.24) is 4.90 Å². The predicted octanol–water partition coefficient (Wildman–Crippen LogP) is 3.16. The van der Waals surface area contributed by atoms with Gasteiger partial charge in [0.15, 0.2) is 0 Å². The van der Waals surface area contributed by atoms with Crippen LogP contribution >= 0.6 is 15.9 Å². The average Bonchev–Trinajstić information content (AvgIpc) is 3.14. The Morgan fingerprint density at radius 3 is 2.62 bits per heavy atom. The summed E-state index contributed by atoms with van der Waals surface area (Å²) >= 11 is 3.33. The lowest BCUT2D eigenvalue weighted by molar-refractivity contribution is -0.132. The molecule has 154 valence electrons. The van der Waals surface area contributed by atoms with Gasteiger partial charge in [-0.15, -0.1) is 0 Å². The Bertz CT molecular complexity index is 1020. The molecule has 29 heavy (non-hydrogen) atoms. The largest absolute Gasteiger partial charge is 0.449 e. The van der Waals surface area contributed by atoms with Crippen LogP contribution in [-0.2, 0) is 14.3 Å². The van der Waals surface area contributed by atoms with Gasteiger partial charge in [-0.1, -0.05) is 15.9 Å². The number of imide groups is 1. The molecule has 2 heterocycles. The highest BCUT2D eigenvalue weighted by Crippen LogP contribution is 2.34. The average molecular weight is 466 g/mol. The van der Waals surface area contributed by atoms with Crippen molar-refractivity contribution in [2.75, 3.05) is 5.32 Å². The number of halogens is 1. The fourth-order valence-electron chi connectivity index (χ4n) is 3.05. The number of nitrogens with zero attached hydrogens (tertiary/aromatic N) is 1. The first-order valence-corrected chi connectivity index (χ1v) is 9.65. The van der Waals surface area contributed by atoms with Gasteiger partial charge in [0.1, 0.15) is 22.9 Å². The SMILES string of the molecule is CC(C)(C)OC(=O)N1C(=O)CC[C@H]1C(=O)Nc1c(C(N)=O)oc2ccc(Br)cc12. The fraction of sp³-hybridized carbons (Fsp3) is 0.368. The summed E-state index contributed by atoms with van der Waals surface area (Å²) in [5, 5.41) is 3.05. The van der Waals surface area contributed by atoms with Gasteiger partial charge in [-0.05, 0) is 45.4 Å². The zero-order valence-corrected chi connectivity index (χ0v) is 17.7. The number of carbonyl (C=O) groups excluding carboxylic acids is 4. The molecule has 0 bridgehead atoms. The lowest BCUT2D eigenvalue weighted by Crippen LogP contribution is -2.47. The third kappa shape index (κ3) is 4.26. The molecular formula is C19H20BrN3O6. The van der Waals surface area contributed by atoms with Crippen molar-refractivity contribution in [2.45, 2.75) is 45.3 Å². The topological polar surface area (TPSA) is 132 Å². The third-order valence-corrected chi connectivity index (χ3v) is 4.72. The van der Waals surface area contributed by atoms with E-state index in [1.165, 1.54) is 0 Å². The number of ether oxygens (including phenoxy) is 1. The van der Waals surface area contributed by atoms with E-state index in [2.05, 4.69) is 21.2 Å². The number of benzene rings is 1. The van der Waals surface area contributed by atoms with Crippen molar-refractivity contribution in [2.24, 2.45) is 5.73 Å². The number of amides is 4. The van der Waals surface area contributed by atoms with Gasteiger partial charge in [0, 0.05) is 16.3 Å². The second-order valence-electron chi connectivity index (χ2n) is 7.60. The van der Waals surface area contributed by atoms with Gasteiger partial charge < -0.3 is 20.2 Å². The molecule has 1 fully saturated rings. The minimum absolute atomic E-state index is 0.0255. The molecule has 4 amide bonds. The first-order valence-electron chi connectivity index (χ1n) is 8.85. The maximum absolute atomic E-state index is 12.9. The van der Waals surface area contributed by atoms with Crippen LogP contribution in [0.25, 0.3) is 11.0 Å². The normalized spacial score (nSPS) is 16.9. The summed E-state index contributed by atoms with van der Waals surface area (Å²) in [7, 11) is 0. The van der Waals surface area contributed by atoms with E-state index in [0.29, 0.717) is 15.4 Å². The van der Waals surface area contributed by atoms with E-state index in [0.717, 1.165) is 4.90 Å². The molecule has 1 atom stereocenters. The minimum atomic E-state index is -1.07. The number of primary amides is 1. The molecule has 3 N–H and O–H groups in total. The van der Waals surface area contributed by atoms with E-state index >= 15 is 0 Å². The summed E-state index contributed by atoms with van der Waals surface area (Å²) < 4.78 is 11.4. The van der Waals surface area contributed by atoms with E-state index in [4.69, 9.17) is 14.9 Å². The Balaban J connectivity index is 1.92. The summed E-state index contributed by atoms with van der Waals surface area (Å²) in [5.74, 6) is -2.24. The van der Waals surface area contributed by atoms with Crippen LogP contribution in [0.3, 0.4) is 0 Å². The van der Waals surface area contributed by atoms with E-state index in [1.54, 1.807) is 39.0 Å². The predicted molar refractivity (Wildman–Crippen MR) is 107 cm³/mol. The molecule has 9 nitrogen and oxygen atoms in total. The van der Waals surface area contributed by atoms with Crippen molar-refractivity contribution in [3.8, 4) is 0 Å². The van der Waals surface area contributed by atoms with E-state index < -0.39 is 35.5 Å². The van der Waals surface area contributed by atoms with Gasteiger partial charge in [-0.2, -0.15) is 0 Å². The number of carbonyl (C=O) groups is 4. The van der Waals surface area contributed by atoms with Crippen LogP contribution in [0.15, 0.2) is 27.1 Å². The van der Waals surface area contributed by atoms with Crippen molar-refractivity contribution < 1.29 is 28.3 Å². The molecule has 1 saturated heterocycles. The lowest BCUT2D eigenvalue weighted by Gasteiger charge is -2.26. The molecule has 0 radical (unpaired) electrons. The van der Waals surface area contributed by atoms with Gasteiger partial charge in [0.2, 0.25) is 17.6 Å². The lowest BCUT2D eigenvalue weighted by atomic mass is 10.1.